The molecule has 1 aliphatic rings. The first-order valence-electron chi connectivity index (χ1n) is 7.86. The average Bonchev–Trinajstić information content (AvgIpc) is 2.50. The van der Waals surface area contributed by atoms with Crippen molar-refractivity contribution in [1.29, 1.82) is 0 Å². The molecule has 0 aliphatic carbocycles. The number of carbonyl (C=O) groups excluding carboxylic acids is 1. The van der Waals surface area contributed by atoms with Gasteiger partial charge in [-0.25, -0.2) is 4.79 Å². The maximum atomic E-state index is 12.1. The molecular weight excluding hydrogens is 278 g/mol. The van der Waals surface area contributed by atoms with Gasteiger partial charge in [0.15, 0.2) is 0 Å². The third-order valence-electron chi connectivity index (χ3n) is 3.92. The lowest BCUT2D eigenvalue weighted by Gasteiger charge is -2.20. The molecule has 1 N–H and O–H groups in total. The number of hydrogen-bond acceptors (Lipinski definition) is 3. The smallest absolute Gasteiger partial charge is 0.411 e. The summed E-state index contributed by atoms with van der Waals surface area (Å²) in [5.41, 5.74) is 0.773. The van der Waals surface area contributed by atoms with Gasteiger partial charge in [0.2, 0.25) is 0 Å². The van der Waals surface area contributed by atoms with E-state index < -0.39 is 6.09 Å². The molecule has 2 aromatic carbocycles. The third-order valence-corrected chi connectivity index (χ3v) is 3.92. The molecule has 1 amide bonds. The van der Waals surface area contributed by atoms with Crippen molar-refractivity contribution < 1.29 is 14.3 Å². The zero-order valence-corrected chi connectivity index (χ0v) is 12.6. The molecule has 0 unspecified atom stereocenters. The van der Waals surface area contributed by atoms with Crippen LogP contribution in [0.5, 0.6) is 0 Å². The summed E-state index contributed by atoms with van der Waals surface area (Å²) in [7, 11) is 0. The highest BCUT2D eigenvalue weighted by molar-refractivity contribution is 6.00. The van der Waals surface area contributed by atoms with Crippen molar-refractivity contribution in [3.63, 3.8) is 0 Å². The van der Waals surface area contributed by atoms with E-state index in [1.165, 1.54) is 0 Å². The minimum atomic E-state index is -0.412. The lowest BCUT2D eigenvalue weighted by Crippen LogP contribution is -2.27. The first-order chi connectivity index (χ1) is 10.8. The summed E-state index contributed by atoms with van der Waals surface area (Å²) in [5, 5.41) is 4.95. The summed E-state index contributed by atoms with van der Waals surface area (Å²) in [6, 6.07) is 13.8. The van der Waals surface area contributed by atoms with Gasteiger partial charge in [-0.2, -0.15) is 0 Å². The van der Waals surface area contributed by atoms with E-state index in [1.54, 1.807) is 0 Å². The largest absolute Gasteiger partial charge is 0.444 e. The molecule has 1 fully saturated rings. The van der Waals surface area contributed by atoms with Gasteiger partial charge in [0.05, 0.1) is 12.3 Å². The molecule has 0 aromatic heterocycles. The number of benzene rings is 2. The van der Waals surface area contributed by atoms with Crippen molar-refractivity contribution in [1.82, 2.24) is 0 Å². The van der Waals surface area contributed by atoms with Gasteiger partial charge in [-0.3, -0.25) is 5.32 Å². The number of rotatable bonds is 2. The van der Waals surface area contributed by atoms with Crippen LogP contribution in [0.1, 0.15) is 25.7 Å². The molecule has 4 nitrogen and oxygen atoms in total. The Bertz CT molecular complexity index is 628. The molecule has 1 heterocycles. The van der Waals surface area contributed by atoms with Crippen molar-refractivity contribution in [2.45, 2.75) is 31.8 Å². The number of nitrogens with one attached hydrogen (secondary N) is 1. The lowest BCUT2D eigenvalue weighted by atomic mass is 10.1. The molecule has 3 rings (SSSR count). The number of ether oxygens (including phenoxy) is 2. The van der Waals surface area contributed by atoms with Gasteiger partial charge in [0.25, 0.3) is 0 Å². The first kappa shape index (κ1) is 14.9. The summed E-state index contributed by atoms with van der Waals surface area (Å²) >= 11 is 0. The highest BCUT2D eigenvalue weighted by atomic mass is 16.6. The van der Waals surface area contributed by atoms with Crippen LogP contribution in [0.4, 0.5) is 10.5 Å². The zero-order chi connectivity index (χ0) is 15.2. The van der Waals surface area contributed by atoms with E-state index in [2.05, 4.69) is 5.32 Å². The van der Waals surface area contributed by atoms with E-state index in [0.717, 1.165) is 48.8 Å². The van der Waals surface area contributed by atoms with Crippen molar-refractivity contribution in [3.8, 4) is 0 Å². The van der Waals surface area contributed by atoms with Gasteiger partial charge in [0, 0.05) is 12.0 Å². The molecule has 1 atom stereocenters. The van der Waals surface area contributed by atoms with Crippen LogP contribution < -0.4 is 5.32 Å². The average molecular weight is 299 g/mol. The Morgan fingerprint density at radius 2 is 1.95 bits per heavy atom. The SMILES string of the molecule is O=C(Nc1cccc2ccccc12)O[C@H]1CCCCCOC1. The Kier molecular flexibility index (Phi) is 4.91. The van der Waals surface area contributed by atoms with E-state index in [4.69, 9.17) is 9.47 Å². The molecule has 1 aliphatic heterocycles. The Labute approximate surface area is 130 Å². The van der Waals surface area contributed by atoms with Crippen LogP contribution in [0, 0.1) is 0 Å². The summed E-state index contributed by atoms with van der Waals surface area (Å²) in [6.07, 6.45) is 3.60. The number of fused-ring (bicyclic) bond motifs is 1. The predicted octanol–water partition coefficient (Wildman–Crippen LogP) is 4.35. The quantitative estimate of drug-likeness (QED) is 0.897. The third kappa shape index (κ3) is 3.77. The fraction of sp³-hybridized carbons (Fsp3) is 0.389. The Balaban J connectivity index is 1.65. The standard InChI is InChI=1S/C18H21NO3/c20-18(22-15-9-2-1-5-12-21-13-15)19-17-11-6-8-14-7-3-4-10-16(14)17/h3-4,6-8,10-11,15H,1-2,5,9,12-13H2,(H,19,20)/t15-/m0/s1. The topological polar surface area (TPSA) is 47.6 Å². The highest BCUT2D eigenvalue weighted by Crippen LogP contribution is 2.23. The van der Waals surface area contributed by atoms with Crippen molar-refractivity contribution in [3.05, 3.63) is 42.5 Å². The predicted molar refractivity (Wildman–Crippen MR) is 87.1 cm³/mol. The normalized spacial score (nSPS) is 19.2. The number of amides is 1. The first-order valence-corrected chi connectivity index (χ1v) is 7.86. The van der Waals surface area contributed by atoms with Crippen LogP contribution in [0.3, 0.4) is 0 Å². The fourth-order valence-electron chi connectivity index (χ4n) is 2.77. The van der Waals surface area contributed by atoms with Crippen molar-refractivity contribution in [2.24, 2.45) is 0 Å². The molecule has 0 spiro atoms. The lowest BCUT2D eigenvalue weighted by molar-refractivity contribution is 0.0106. The Morgan fingerprint density at radius 1 is 1.09 bits per heavy atom. The van der Waals surface area contributed by atoms with Crippen LogP contribution in [0.15, 0.2) is 42.5 Å². The van der Waals surface area contributed by atoms with Crippen LogP contribution >= 0.6 is 0 Å². The summed E-state index contributed by atoms with van der Waals surface area (Å²) < 4.78 is 11.0. The molecule has 22 heavy (non-hydrogen) atoms. The molecule has 1 saturated heterocycles. The van der Waals surface area contributed by atoms with Crippen molar-refractivity contribution in [2.75, 3.05) is 18.5 Å². The molecule has 0 bridgehead atoms. The minimum Gasteiger partial charge on any atom is -0.444 e. The van der Waals surface area contributed by atoms with E-state index >= 15 is 0 Å². The molecule has 0 saturated carbocycles. The molecule has 116 valence electrons. The van der Waals surface area contributed by atoms with Crippen LogP contribution in [0.2, 0.25) is 0 Å². The van der Waals surface area contributed by atoms with Crippen LogP contribution in [-0.2, 0) is 9.47 Å². The van der Waals surface area contributed by atoms with Gasteiger partial charge in [-0.15, -0.1) is 0 Å². The summed E-state index contributed by atoms with van der Waals surface area (Å²) in [5.74, 6) is 0. The second kappa shape index (κ2) is 7.27. The van der Waals surface area contributed by atoms with E-state index in [1.807, 2.05) is 42.5 Å². The minimum absolute atomic E-state index is 0.157. The van der Waals surface area contributed by atoms with Gasteiger partial charge >= 0.3 is 6.09 Å². The van der Waals surface area contributed by atoms with E-state index in [0.29, 0.717) is 6.61 Å². The van der Waals surface area contributed by atoms with Gasteiger partial charge in [0.1, 0.15) is 6.10 Å². The molecule has 2 aromatic rings. The molecule has 4 heteroatoms. The zero-order valence-electron chi connectivity index (χ0n) is 12.6. The van der Waals surface area contributed by atoms with E-state index in [9.17, 15) is 4.79 Å². The number of hydrogen-bond donors (Lipinski definition) is 1. The van der Waals surface area contributed by atoms with Gasteiger partial charge in [-0.1, -0.05) is 42.8 Å². The molecular formula is C18H21NO3. The monoisotopic (exact) mass is 299 g/mol. The fourth-order valence-corrected chi connectivity index (χ4v) is 2.77. The highest BCUT2D eigenvalue weighted by Gasteiger charge is 2.17. The van der Waals surface area contributed by atoms with Crippen LogP contribution in [-0.4, -0.2) is 25.4 Å². The maximum absolute atomic E-state index is 12.1. The van der Waals surface area contributed by atoms with Gasteiger partial charge < -0.3 is 9.47 Å². The summed E-state index contributed by atoms with van der Waals surface area (Å²) in [4.78, 5) is 12.1. The van der Waals surface area contributed by atoms with Crippen LogP contribution in [0.25, 0.3) is 10.8 Å². The number of carbonyl (C=O) groups is 1. The van der Waals surface area contributed by atoms with Crippen molar-refractivity contribution >= 4 is 22.6 Å². The Morgan fingerprint density at radius 3 is 2.91 bits per heavy atom. The second-order valence-electron chi connectivity index (χ2n) is 5.60. The second-order valence-corrected chi connectivity index (χ2v) is 5.60. The van der Waals surface area contributed by atoms with E-state index in [-0.39, 0.29) is 6.10 Å². The summed E-state index contributed by atoms with van der Waals surface area (Å²) in [6.45, 7) is 1.24. The van der Waals surface area contributed by atoms with Gasteiger partial charge in [-0.05, 0) is 30.7 Å². The maximum Gasteiger partial charge on any atom is 0.411 e. The number of anilines is 1. The Hall–Kier alpha value is -2.07. The molecule has 0 radical (unpaired) electrons.